The highest BCUT2D eigenvalue weighted by Crippen LogP contribution is 2.36. The van der Waals surface area contributed by atoms with Gasteiger partial charge in [-0.15, -0.1) is 0 Å². The van der Waals surface area contributed by atoms with Crippen LogP contribution in [0.3, 0.4) is 0 Å². The molecule has 0 N–H and O–H groups in total. The summed E-state index contributed by atoms with van der Waals surface area (Å²) in [6, 6.07) is 4.21. The van der Waals surface area contributed by atoms with Gasteiger partial charge in [0.15, 0.2) is 5.82 Å². The Labute approximate surface area is 150 Å². The van der Waals surface area contributed by atoms with E-state index in [1.807, 2.05) is 0 Å². The molecule has 0 aliphatic carbocycles. The lowest BCUT2D eigenvalue weighted by molar-refractivity contribution is -0.140. The van der Waals surface area contributed by atoms with Crippen LogP contribution in [0.1, 0.15) is 0 Å². The number of esters is 2. The van der Waals surface area contributed by atoms with Gasteiger partial charge >= 0.3 is 11.9 Å². The van der Waals surface area contributed by atoms with Gasteiger partial charge in [-0.05, 0) is 12.1 Å². The van der Waals surface area contributed by atoms with Crippen molar-refractivity contribution in [2.24, 2.45) is 0 Å². The van der Waals surface area contributed by atoms with E-state index in [1.165, 1.54) is 37.3 Å². The zero-order valence-electron chi connectivity index (χ0n) is 14.7. The monoisotopic (exact) mass is 369 g/mol. The summed E-state index contributed by atoms with van der Waals surface area (Å²) in [5.74, 6) is -2.08. The molecule has 2 rings (SSSR count). The zero-order chi connectivity index (χ0) is 19.1. The molecule has 1 aliphatic rings. The van der Waals surface area contributed by atoms with E-state index in [-0.39, 0.29) is 42.7 Å². The standard InChI is InChI=1S/C17H20FNO7/c1-22-7-8-26-13-6-4-5-12(18)15(13)19-10-25-9-11(16(20)23-2)14(19)17(21)24-3/h4-6H,7-10H2,1-3H3. The Hall–Kier alpha value is -2.65. The Morgan fingerprint density at radius 3 is 2.54 bits per heavy atom. The van der Waals surface area contributed by atoms with Crippen molar-refractivity contribution in [3.63, 3.8) is 0 Å². The number of halogens is 1. The molecule has 0 radical (unpaired) electrons. The van der Waals surface area contributed by atoms with E-state index in [0.717, 1.165) is 7.11 Å². The first kappa shape index (κ1) is 19.7. The Bertz CT molecular complexity index is 704. The Morgan fingerprint density at radius 1 is 1.15 bits per heavy atom. The number of benzene rings is 1. The molecule has 0 aromatic heterocycles. The topological polar surface area (TPSA) is 83.5 Å². The Balaban J connectivity index is 2.54. The Morgan fingerprint density at radius 2 is 1.88 bits per heavy atom. The number of rotatable bonds is 7. The van der Waals surface area contributed by atoms with Crippen LogP contribution in [0, 0.1) is 5.82 Å². The van der Waals surface area contributed by atoms with Gasteiger partial charge in [0, 0.05) is 7.11 Å². The van der Waals surface area contributed by atoms with Crippen LogP contribution in [0.4, 0.5) is 10.1 Å². The summed E-state index contributed by atoms with van der Waals surface area (Å²) < 4.78 is 39.8. The molecule has 0 unspecified atom stereocenters. The van der Waals surface area contributed by atoms with Crippen LogP contribution >= 0.6 is 0 Å². The summed E-state index contributed by atoms with van der Waals surface area (Å²) in [6.07, 6.45) is 0. The first-order valence-electron chi connectivity index (χ1n) is 7.70. The lowest BCUT2D eigenvalue weighted by atomic mass is 10.1. The van der Waals surface area contributed by atoms with E-state index in [0.29, 0.717) is 6.61 Å². The zero-order valence-corrected chi connectivity index (χ0v) is 14.7. The van der Waals surface area contributed by atoms with E-state index in [9.17, 15) is 14.0 Å². The molecular weight excluding hydrogens is 349 g/mol. The summed E-state index contributed by atoms with van der Waals surface area (Å²) >= 11 is 0. The minimum Gasteiger partial charge on any atom is -0.489 e. The van der Waals surface area contributed by atoms with Crippen LogP contribution < -0.4 is 9.64 Å². The fourth-order valence-electron chi connectivity index (χ4n) is 2.43. The molecule has 0 saturated carbocycles. The molecule has 1 aromatic rings. The van der Waals surface area contributed by atoms with Crippen molar-refractivity contribution in [1.29, 1.82) is 0 Å². The maximum atomic E-state index is 14.6. The normalized spacial score (nSPS) is 14.2. The predicted octanol–water partition coefficient (Wildman–Crippen LogP) is 1.25. The van der Waals surface area contributed by atoms with E-state index >= 15 is 0 Å². The number of carbonyl (C=O) groups is 2. The second-order valence-corrected chi connectivity index (χ2v) is 5.14. The number of para-hydroxylation sites is 1. The lowest BCUT2D eigenvalue weighted by Crippen LogP contribution is -2.39. The molecule has 142 valence electrons. The van der Waals surface area contributed by atoms with Crippen molar-refractivity contribution in [3.05, 3.63) is 35.3 Å². The van der Waals surface area contributed by atoms with E-state index in [1.54, 1.807) is 0 Å². The van der Waals surface area contributed by atoms with Crippen LogP contribution in [0.5, 0.6) is 5.75 Å². The fraction of sp³-hybridized carbons (Fsp3) is 0.412. The quantitative estimate of drug-likeness (QED) is 0.525. The number of nitrogens with zero attached hydrogens (tertiary/aromatic N) is 1. The molecule has 26 heavy (non-hydrogen) atoms. The highest BCUT2D eigenvalue weighted by atomic mass is 19.1. The molecule has 0 amide bonds. The minimum absolute atomic E-state index is 0.0508. The van der Waals surface area contributed by atoms with E-state index in [2.05, 4.69) is 4.74 Å². The summed E-state index contributed by atoms with van der Waals surface area (Å²) in [5.41, 5.74) is -0.283. The predicted molar refractivity (Wildman–Crippen MR) is 88.1 cm³/mol. The first-order valence-corrected chi connectivity index (χ1v) is 7.70. The lowest BCUT2D eigenvalue weighted by Gasteiger charge is -2.32. The molecule has 0 fully saturated rings. The second-order valence-electron chi connectivity index (χ2n) is 5.14. The molecule has 8 nitrogen and oxygen atoms in total. The fourth-order valence-corrected chi connectivity index (χ4v) is 2.43. The van der Waals surface area contributed by atoms with Gasteiger partial charge in [0.1, 0.15) is 30.5 Å². The van der Waals surface area contributed by atoms with Crippen LogP contribution in [-0.4, -0.2) is 59.8 Å². The van der Waals surface area contributed by atoms with Gasteiger partial charge in [0.05, 0.1) is 33.0 Å². The molecule has 0 bridgehead atoms. The van der Waals surface area contributed by atoms with Crippen LogP contribution in [0.2, 0.25) is 0 Å². The van der Waals surface area contributed by atoms with Crippen molar-refractivity contribution in [1.82, 2.24) is 0 Å². The smallest absolute Gasteiger partial charge is 0.355 e. The van der Waals surface area contributed by atoms with Crippen LogP contribution in [0.15, 0.2) is 29.5 Å². The molecule has 0 saturated heterocycles. The number of hydrogen-bond acceptors (Lipinski definition) is 8. The summed E-state index contributed by atoms with van der Waals surface area (Å²) in [4.78, 5) is 25.5. The number of hydrogen-bond donors (Lipinski definition) is 0. The highest BCUT2D eigenvalue weighted by molar-refractivity contribution is 6.03. The molecule has 1 heterocycles. The number of carbonyl (C=O) groups excluding carboxylic acids is 2. The van der Waals surface area contributed by atoms with Gasteiger partial charge in [-0.25, -0.2) is 14.0 Å². The van der Waals surface area contributed by atoms with Crippen molar-refractivity contribution < 1.29 is 37.7 Å². The van der Waals surface area contributed by atoms with Gasteiger partial charge in [-0.1, -0.05) is 6.07 Å². The maximum Gasteiger partial charge on any atom is 0.355 e. The van der Waals surface area contributed by atoms with Gasteiger partial charge < -0.3 is 28.6 Å². The third-order valence-electron chi connectivity index (χ3n) is 3.60. The van der Waals surface area contributed by atoms with Crippen molar-refractivity contribution in [2.75, 3.05) is 52.8 Å². The maximum absolute atomic E-state index is 14.6. The molecule has 1 aliphatic heterocycles. The summed E-state index contributed by atoms with van der Waals surface area (Å²) in [6.45, 7) is 0.122. The van der Waals surface area contributed by atoms with Gasteiger partial charge in [0.25, 0.3) is 0 Å². The average Bonchev–Trinajstić information content (AvgIpc) is 2.66. The van der Waals surface area contributed by atoms with Crippen LogP contribution in [-0.2, 0) is 28.5 Å². The van der Waals surface area contributed by atoms with E-state index in [4.69, 9.17) is 18.9 Å². The molecular formula is C17H20FNO7. The second kappa shape index (κ2) is 9.16. The number of methoxy groups -OCH3 is 3. The Kier molecular flexibility index (Phi) is 6.93. The molecule has 0 spiro atoms. The number of ether oxygens (including phenoxy) is 5. The first-order chi connectivity index (χ1) is 12.5. The highest BCUT2D eigenvalue weighted by Gasteiger charge is 2.35. The van der Waals surface area contributed by atoms with Crippen molar-refractivity contribution in [2.45, 2.75) is 0 Å². The van der Waals surface area contributed by atoms with Crippen molar-refractivity contribution in [3.8, 4) is 5.75 Å². The largest absolute Gasteiger partial charge is 0.489 e. The molecule has 0 atom stereocenters. The SMILES string of the molecule is COCCOc1cccc(F)c1N1COCC(C(=O)OC)=C1C(=O)OC. The molecule has 1 aromatic carbocycles. The summed E-state index contributed by atoms with van der Waals surface area (Å²) in [7, 11) is 3.84. The van der Waals surface area contributed by atoms with Gasteiger partial charge in [0.2, 0.25) is 0 Å². The third kappa shape index (κ3) is 4.12. The average molecular weight is 369 g/mol. The van der Waals surface area contributed by atoms with Crippen LogP contribution in [0.25, 0.3) is 0 Å². The van der Waals surface area contributed by atoms with Gasteiger partial charge in [-0.2, -0.15) is 0 Å². The third-order valence-corrected chi connectivity index (χ3v) is 3.60. The van der Waals surface area contributed by atoms with E-state index < -0.39 is 17.8 Å². The van der Waals surface area contributed by atoms with Crippen molar-refractivity contribution >= 4 is 17.6 Å². The van der Waals surface area contributed by atoms with Gasteiger partial charge in [-0.3, -0.25) is 0 Å². The summed E-state index contributed by atoms with van der Waals surface area (Å²) in [5, 5.41) is 0. The minimum atomic E-state index is -0.820. The molecule has 9 heteroatoms. The number of anilines is 1.